The molecule has 0 aliphatic carbocycles. The zero-order valence-electron chi connectivity index (χ0n) is 15.0. The van der Waals surface area contributed by atoms with Gasteiger partial charge in [-0.3, -0.25) is 14.6 Å². The van der Waals surface area contributed by atoms with E-state index in [0.717, 1.165) is 30.8 Å². The molecule has 1 aliphatic rings. The molecule has 4 rings (SSSR count). The van der Waals surface area contributed by atoms with Gasteiger partial charge in [-0.25, -0.2) is 4.39 Å². The van der Waals surface area contributed by atoms with Crippen LogP contribution in [-0.4, -0.2) is 26.2 Å². The third kappa shape index (κ3) is 3.68. The van der Waals surface area contributed by atoms with Crippen LogP contribution in [0.3, 0.4) is 0 Å². The molecule has 2 aromatic heterocycles. The van der Waals surface area contributed by atoms with Crippen LogP contribution in [0, 0.1) is 5.82 Å². The highest BCUT2D eigenvalue weighted by Gasteiger charge is 2.24. The van der Waals surface area contributed by atoms with E-state index >= 15 is 0 Å². The van der Waals surface area contributed by atoms with Gasteiger partial charge in [0.05, 0.1) is 11.9 Å². The maximum absolute atomic E-state index is 13.1. The van der Waals surface area contributed by atoms with Crippen LogP contribution in [0.5, 0.6) is 0 Å². The molecule has 134 valence electrons. The van der Waals surface area contributed by atoms with Crippen LogP contribution < -0.4 is 0 Å². The summed E-state index contributed by atoms with van der Waals surface area (Å²) in [4.78, 5) is 7.16. The molecule has 0 unspecified atom stereocenters. The van der Waals surface area contributed by atoms with Crippen molar-refractivity contribution in [3.05, 3.63) is 71.9 Å². The molecule has 1 aliphatic heterocycles. The molecule has 1 atom stereocenters. The number of likely N-dealkylation sites (tertiary alicyclic amines) is 1. The molecular formula is C21H23FN4. The fourth-order valence-corrected chi connectivity index (χ4v) is 3.74. The largest absolute Gasteiger partial charge is 0.292 e. The fourth-order valence-electron chi connectivity index (χ4n) is 3.74. The SMILES string of the molecule is Cn1cc(CN2CCCC[C@@H]2c2ccc(-c3ccc(F)cc3)nc2)cn1. The third-order valence-corrected chi connectivity index (χ3v) is 5.07. The van der Waals surface area contributed by atoms with E-state index in [0.29, 0.717) is 6.04 Å². The van der Waals surface area contributed by atoms with Crippen LogP contribution in [0.15, 0.2) is 55.0 Å². The number of nitrogens with zero attached hydrogens (tertiary/aromatic N) is 4. The molecule has 0 bridgehead atoms. The van der Waals surface area contributed by atoms with Crippen molar-refractivity contribution in [2.45, 2.75) is 31.8 Å². The molecule has 1 aromatic carbocycles. The van der Waals surface area contributed by atoms with Crippen molar-refractivity contribution in [2.75, 3.05) is 6.54 Å². The molecular weight excluding hydrogens is 327 g/mol. The second-order valence-electron chi connectivity index (χ2n) is 6.99. The van der Waals surface area contributed by atoms with Crippen LogP contribution in [0.25, 0.3) is 11.3 Å². The molecule has 1 fully saturated rings. The summed E-state index contributed by atoms with van der Waals surface area (Å²) >= 11 is 0. The van der Waals surface area contributed by atoms with Crippen LogP contribution in [-0.2, 0) is 13.6 Å². The molecule has 0 radical (unpaired) electrons. The van der Waals surface area contributed by atoms with Gasteiger partial charge < -0.3 is 0 Å². The number of rotatable bonds is 4. The van der Waals surface area contributed by atoms with Crippen molar-refractivity contribution in [1.82, 2.24) is 19.7 Å². The standard InChI is InChI=1S/C21H23FN4/c1-25-14-16(12-24-25)15-26-11-3-2-4-21(26)18-7-10-20(23-13-18)17-5-8-19(22)9-6-17/h5-10,12-14,21H,2-4,11,15H2,1H3/t21-/m1/s1. The first kappa shape index (κ1) is 16.9. The predicted molar refractivity (Wildman–Crippen MR) is 99.8 cm³/mol. The minimum absolute atomic E-state index is 0.224. The molecule has 4 nitrogen and oxygen atoms in total. The van der Waals surface area contributed by atoms with Crippen molar-refractivity contribution in [3.8, 4) is 11.3 Å². The van der Waals surface area contributed by atoms with E-state index in [1.165, 1.54) is 36.1 Å². The monoisotopic (exact) mass is 350 g/mol. The Morgan fingerprint density at radius 1 is 1.08 bits per heavy atom. The Morgan fingerprint density at radius 2 is 1.92 bits per heavy atom. The van der Waals surface area contributed by atoms with Crippen LogP contribution in [0.4, 0.5) is 4.39 Å². The van der Waals surface area contributed by atoms with Gasteiger partial charge in [-0.05, 0) is 55.3 Å². The Hall–Kier alpha value is -2.53. The Kier molecular flexibility index (Phi) is 4.80. The van der Waals surface area contributed by atoms with E-state index in [4.69, 9.17) is 0 Å². The van der Waals surface area contributed by atoms with Crippen LogP contribution >= 0.6 is 0 Å². The van der Waals surface area contributed by atoms with E-state index in [1.807, 2.05) is 30.2 Å². The van der Waals surface area contributed by atoms with Gasteiger partial charge in [0.1, 0.15) is 5.82 Å². The van der Waals surface area contributed by atoms with E-state index in [9.17, 15) is 4.39 Å². The van der Waals surface area contributed by atoms with Crippen molar-refractivity contribution in [3.63, 3.8) is 0 Å². The van der Waals surface area contributed by atoms with Gasteiger partial charge in [-0.15, -0.1) is 0 Å². The number of pyridine rings is 1. The Balaban J connectivity index is 1.53. The van der Waals surface area contributed by atoms with Crippen molar-refractivity contribution in [1.29, 1.82) is 0 Å². The van der Waals surface area contributed by atoms with Gasteiger partial charge >= 0.3 is 0 Å². The summed E-state index contributed by atoms with van der Waals surface area (Å²) in [5, 5.41) is 4.28. The number of aromatic nitrogens is 3. The second kappa shape index (κ2) is 7.38. The van der Waals surface area contributed by atoms with Gasteiger partial charge in [0.2, 0.25) is 0 Å². The summed E-state index contributed by atoms with van der Waals surface area (Å²) in [6.07, 6.45) is 9.64. The Labute approximate surface area is 153 Å². The predicted octanol–water partition coefficient (Wildman–Crippen LogP) is 4.35. The molecule has 0 saturated carbocycles. The second-order valence-corrected chi connectivity index (χ2v) is 6.99. The first-order chi connectivity index (χ1) is 12.7. The van der Waals surface area contributed by atoms with Gasteiger partial charge in [0.15, 0.2) is 0 Å². The Bertz CT molecular complexity index is 854. The van der Waals surface area contributed by atoms with Gasteiger partial charge in [0, 0.05) is 43.2 Å². The molecule has 3 aromatic rings. The van der Waals surface area contributed by atoms with Gasteiger partial charge in [0.25, 0.3) is 0 Å². The lowest BCUT2D eigenvalue weighted by molar-refractivity contribution is 0.140. The highest BCUT2D eigenvalue weighted by molar-refractivity contribution is 5.58. The fraction of sp³-hybridized carbons (Fsp3) is 0.333. The molecule has 0 spiro atoms. The summed E-state index contributed by atoms with van der Waals surface area (Å²) in [5.41, 5.74) is 4.31. The van der Waals surface area contributed by atoms with Crippen molar-refractivity contribution >= 4 is 0 Å². The summed E-state index contributed by atoms with van der Waals surface area (Å²) in [6.45, 7) is 2.01. The minimum atomic E-state index is -0.224. The lowest BCUT2D eigenvalue weighted by Gasteiger charge is -2.35. The number of aryl methyl sites for hydroxylation is 1. The number of benzene rings is 1. The first-order valence-corrected chi connectivity index (χ1v) is 9.12. The number of hydrogen-bond acceptors (Lipinski definition) is 3. The number of halogens is 1. The lowest BCUT2D eigenvalue weighted by Crippen LogP contribution is -2.32. The van der Waals surface area contributed by atoms with Crippen molar-refractivity contribution < 1.29 is 4.39 Å². The molecule has 26 heavy (non-hydrogen) atoms. The maximum Gasteiger partial charge on any atom is 0.123 e. The normalized spacial score (nSPS) is 18.2. The molecule has 1 saturated heterocycles. The molecule has 5 heteroatoms. The molecule has 0 N–H and O–H groups in total. The van der Waals surface area contributed by atoms with Crippen LogP contribution in [0.1, 0.15) is 36.4 Å². The van der Waals surface area contributed by atoms with E-state index in [1.54, 1.807) is 12.1 Å². The molecule has 0 amide bonds. The van der Waals surface area contributed by atoms with Gasteiger partial charge in [-0.1, -0.05) is 12.5 Å². The highest BCUT2D eigenvalue weighted by atomic mass is 19.1. The number of piperidine rings is 1. The summed E-state index contributed by atoms with van der Waals surface area (Å²) in [6, 6.07) is 11.1. The van der Waals surface area contributed by atoms with Crippen LogP contribution in [0.2, 0.25) is 0 Å². The topological polar surface area (TPSA) is 34.0 Å². The van der Waals surface area contributed by atoms with E-state index in [2.05, 4.69) is 27.2 Å². The summed E-state index contributed by atoms with van der Waals surface area (Å²) in [5.74, 6) is -0.224. The molecule has 3 heterocycles. The van der Waals surface area contributed by atoms with E-state index in [-0.39, 0.29) is 5.82 Å². The summed E-state index contributed by atoms with van der Waals surface area (Å²) < 4.78 is 15.0. The maximum atomic E-state index is 13.1. The number of hydrogen-bond donors (Lipinski definition) is 0. The lowest BCUT2D eigenvalue weighted by atomic mass is 9.95. The third-order valence-electron chi connectivity index (χ3n) is 5.07. The highest BCUT2D eigenvalue weighted by Crippen LogP contribution is 2.32. The van der Waals surface area contributed by atoms with Crippen molar-refractivity contribution in [2.24, 2.45) is 7.05 Å². The van der Waals surface area contributed by atoms with Gasteiger partial charge in [-0.2, -0.15) is 5.10 Å². The zero-order valence-corrected chi connectivity index (χ0v) is 15.0. The average Bonchev–Trinajstić information content (AvgIpc) is 3.08. The quantitative estimate of drug-likeness (QED) is 0.701. The zero-order chi connectivity index (χ0) is 17.9. The van der Waals surface area contributed by atoms with E-state index < -0.39 is 0 Å². The Morgan fingerprint density at radius 3 is 2.62 bits per heavy atom. The average molecular weight is 350 g/mol. The smallest absolute Gasteiger partial charge is 0.123 e. The minimum Gasteiger partial charge on any atom is -0.292 e. The summed E-state index contributed by atoms with van der Waals surface area (Å²) in [7, 11) is 1.95. The first-order valence-electron chi connectivity index (χ1n) is 9.12.